The fourth-order valence-electron chi connectivity index (χ4n) is 3.31. The van der Waals surface area contributed by atoms with Gasteiger partial charge in [0.1, 0.15) is 11.9 Å². The molecule has 3 heterocycles. The Morgan fingerprint density at radius 3 is 2.79 bits per heavy atom. The third-order valence-electron chi connectivity index (χ3n) is 4.94. The second-order valence-corrected chi connectivity index (χ2v) is 7.20. The summed E-state index contributed by atoms with van der Waals surface area (Å²) in [5.74, 6) is 1.41. The zero-order valence-electron chi connectivity index (χ0n) is 14.4. The van der Waals surface area contributed by atoms with Crippen molar-refractivity contribution in [2.45, 2.75) is 38.6 Å². The molecule has 0 aromatic carbocycles. The summed E-state index contributed by atoms with van der Waals surface area (Å²) in [5, 5.41) is 14.9. The highest BCUT2D eigenvalue weighted by Crippen LogP contribution is 2.40. The lowest BCUT2D eigenvalue weighted by Gasteiger charge is -2.27. The highest BCUT2D eigenvalue weighted by Gasteiger charge is 2.33. The number of anilines is 1. The van der Waals surface area contributed by atoms with Gasteiger partial charge >= 0.3 is 0 Å². The minimum Gasteiger partial charge on any atom is -0.386 e. The summed E-state index contributed by atoms with van der Waals surface area (Å²) in [6.07, 6.45) is 3.85. The van der Waals surface area contributed by atoms with Gasteiger partial charge in [-0.1, -0.05) is 6.07 Å². The van der Waals surface area contributed by atoms with Crippen molar-refractivity contribution in [3.8, 4) is 0 Å². The van der Waals surface area contributed by atoms with Crippen molar-refractivity contribution in [3.63, 3.8) is 0 Å². The SMILES string of the molecule is CN(C)c1ccc(CN2CCn3nc([C@@H](O)C4CC4)cc3C2)cn1. The third-order valence-corrected chi connectivity index (χ3v) is 4.94. The molecule has 1 atom stereocenters. The molecule has 2 aromatic heterocycles. The second-order valence-electron chi connectivity index (χ2n) is 7.20. The number of hydrogen-bond donors (Lipinski definition) is 1. The standard InChI is InChI=1S/C18H25N5O/c1-21(2)17-6-3-13(10-19-17)11-22-7-8-23-15(12-22)9-16(20-23)18(24)14-4-5-14/h3,6,9-10,14,18,24H,4-5,7-8,11-12H2,1-2H3/t18-/m0/s1. The van der Waals surface area contributed by atoms with E-state index in [0.29, 0.717) is 5.92 Å². The van der Waals surface area contributed by atoms with Gasteiger partial charge in [0, 0.05) is 39.9 Å². The predicted molar refractivity (Wildman–Crippen MR) is 92.6 cm³/mol. The summed E-state index contributed by atoms with van der Waals surface area (Å²) in [6.45, 7) is 3.63. The van der Waals surface area contributed by atoms with Crippen molar-refractivity contribution < 1.29 is 5.11 Å². The Morgan fingerprint density at radius 2 is 2.12 bits per heavy atom. The number of aromatic nitrogens is 3. The zero-order valence-corrected chi connectivity index (χ0v) is 14.4. The number of hydrogen-bond acceptors (Lipinski definition) is 5. The van der Waals surface area contributed by atoms with Crippen LogP contribution in [-0.2, 0) is 19.6 Å². The third kappa shape index (κ3) is 3.16. The van der Waals surface area contributed by atoms with Crippen molar-refractivity contribution >= 4 is 5.82 Å². The first kappa shape index (κ1) is 15.6. The smallest absolute Gasteiger partial charge is 0.127 e. The van der Waals surface area contributed by atoms with Gasteiger partial charge in [0.05, 0.1) is 17.9 Å². The monoisotopic (exact) mass is 327 g/mol. The maximum atomic E-state index is 10.3. The fourth-order valence-corrected chi connectivity index (χ4v) is 3.31. The maximum absolute atomic E-state index is 10.3. The van der Waals surface area contributed by atoms with Crippen molar-refractivity contribution in [1.82, 2.24) is 19.7 Å². The fraction of sp³-hybridized carbons (Fsp3) is 0.556. The molecular weight excluding hydrogens is 302 g/mol. The molecule has 4 rings (SSSR count). The Hall–Kier alpha value is -1.92. The molecule has 2 aliphatic rings. The van der Waals surface area contributed by atoms with Crippen molar-refractivity contribution in [1.29, 1.82) is 0 Å². The van der Waals surface area contributed by atoms with Crippen molar-refractivity contribution in [2.24, 2.45) is 5.92 Å². The first-order chi connectivity index (χ1) is 11.6. The van der Waals surface area contributed by atoms with E-state index >= 15 is 0 Å². The van der Waals surface area contributed by atoms with Crippen LogP contribution in [0.15, 0.2) is 24.4 Å². The lowest BCUT2D eigenvalue weighted by Crippen LogP contribution is -2.33. The Bertz CT molecular complexity index is 705. The summed E-state index contributed by atoms with van der Waals surface area (Å²) in [6, 6.07) is 6.30. The molecule has 128 valence electrons. The van der Waals surface area contributed by atoms with Gasteiger partial charge in [-0.3, -0.25) is 9.58 Å². The molecule has 0 spiro atoms. The molecular formula is C18H25N5O. The summed E-state index contributed by atoms with van der Waals surface area (Å²) in [5.41, 5.74) is 3.28. The number of aliphatic hydroxyl groups is 1. The zero-order chi connectivity index (χ0) is 16.7. The summed E-state index contributed by atoms with van der Waals surface area (Å²) in [4.78, 5) is 8.91. The summed E-state index contributed by atoms with van der Waals surface area (Å²) in [7, 11) is 4.00. The maximum Gasteiger partial charge on any atom is 0.127 e. The van der Waals surface area contributed by atoms with E-state index in [9.17, 15) is 5.11 Å². The molecule has 6 heteroatoms. The number of rotatable bonds is 5. The summed E-state index contributed by atoms with van der Waals surface area (Å²) < 4.78 is 2.06. The molecule has 1 fully saturated rings. The summed E-state index contributed by atoms with van der Waals surface area (Å²) >= 11 is 0. The molecule has 1 aliphatic carbocycles. The van der Waals surface area contributed by atoms with Gasteiger partial charge < -0.3 is 10.0 Å². The van der Waals surface area contributed by atoms with Crippen LogP contribution in [0.1, 0.15) is 35.9 Å². The number of nitrogens with zero attached hydrogens (tertiary/aromatic N) is 5. The quantitative estimate of drug-likeness (QED) is 0.907. The Balaban J connectivity index is 1.42. The largest absolute Gasteiger partial charge is 0.386 e. The predicted octanol–water partition coefficient (Wildman–Crippen LogP) is 1.80. The van der Waals surface area contributed by atoms with E-state index in [1.807, 2.05) is 25.2 Å². The van der Waals surface area contributed by atoms with Crippen LogP contribution in [-0.4, -0.2) is 45.4 Å². The van der Waals surface area contributed by atoms with E-state index in [-0.39, 0.29) is 6.10 Å². The van der Waals surface area contributed by atoms with Crippen LogP contribution in [0.2, 0.25) is 0 Å². The number of pyridine rings is 1. The molecule has 0 bridgehead atoms. The van der Waals surface area contributed by atoms with Crippen LogP contribution in [0.25, 0.3) is 0 Å². The van der Waals surface area contributed by atoms with Gasteiger partial charge in [0.2, 0.25) is 0 Å². The van der Waals surface area contributed by atoms with E-state index in [4.69, 9.17) is 0 Å². The van der Waals surface area contributed by atoms with Crippen LogP contribution >= 0.6 is 0 Å². The van der Waals surface area contributed by atoms with E-state index in [2.05, 4.69) is 37.9 Å². The molecule has 24 heavy (non-hydrogen) atoms. The molecule has 0 radical (unpaired) electrons. The molecule has 0 saturated heterocycles. The van der Waals surface area contributed by atoms with Gasteiger partial charge in [0.25, 0.3) is 0 Å². The molecule has 1 N–H and O–H groups in total. The first-order valence-corrected chi connectivity index (χ1v) is 8.69. The second kappa shape index (κ2) is 6.18. The molecule has 0 unspecified atom stereocenters. The highest BCUT2D eigenvalue weighted by molar-refractivity contribution is 5.37. The highest BCUT2D eigenvalue weighted by atomic mass is 16.3. The van der Waals surface area contributed by atoms with E-state index in [0.717, 1.165) is 50.5 Å². The molecule has 2 aromatic rings. The Labute approximate surface area is 142 Å². The molecule has 0 amide bonds. The van der Waals surface area contributed by atoms with Gasteiger partial charge in [-0.05, 0) is 36.5 Å². The van der Waals surface area contributed by atoms with Crippen molar-refractivity contribution in [2.75, 3.05) is 25.5 Å². The van der Waals surface area contributed by atoms with E-state index in [1.54, 1.807) is 0 Å². The first-order valence-electron chi connectivity index (χ1n) is 8.69. The Morgan fingerprint density at radius 1 is 1.29 bits per heavy atom. The van der Waals surface area contributed by atoms with Crippen LogP contribution in [0.3, 0.4) is 0 Å². The van der Waals surface area contributed by atoms with Gasteiger partial charge in [-0.25, -0.2) is 4.98 Å². The van der Waals surface area contributed by atoms with Crippen LogP contribution in [0.4, 0.5) is 5.82 Å². The van der Waals surface area contributed by atoms with E-state index < -0.39 is 0 Å². The van der Waals surface area contributed by atoms with Crippen LogP contribution < -0.4 is 4.90 Å². The lowest BCUT2D eigenvalue weighted by molar-refractivity contribution is 0.147. The number of fused-ring (bicyclic) bond motifs is 1. The molecule has 1 saturated carbocycles. The topological polar surface area (TPSA) is 57.4 Å². The number of aliphatic hydroxyl groups excluding tert-OH is 1. The minimum atomic E-state index is -0.376. The molecule has 1 aliphatic heterocycles. The van der Waals surface area contributed by atoms with Crippen LogP contribution in [0, 0.1) is 5.92 Å². The lowest BCUT2D eigenvalue weighted by atomic mass is 10.1. The normalized spacial score (nSPS) is 19.1. The molecule has 6 nitrogen and oxygen atoms in total. The van der Waals surface area contributed by atoms with Gasteiger partial charge in [-0.15, -0.1) is 0 Å². The van der Waals surface area contributed by atoms with Gasteiger partial charge in [-0.2, -0.15) is 5.10 Å². The van der Waals surface area contributed by atoms with Crippen molar-refractivity contribution in [3.05, 3.63) is 41.3 Å². The average Bonchev–Trinajstić information content (AvgIpc) is 3.34. The van der Waals surface area contributed by atoms with Gasteiger partial charge in [0.15, 0.2) is 0 Å². The average molecular weight is 327 g/mol. The van der Waals surface area contributed by atoms with E-state index in [1.165, 1.54) is 11.3 Å². The Kier molecular flexibility index (Phi) is 4.02. The minimum absolute atomic E-state index is 0.376. The van der Waals surface area contributed by atoms with Crippen LogP contribution in [0.5, 0.6) is 0 Å².